The summed E-state index contributed by atoms with van der Waals surface area (Å²) in [5.74, 6) is 0.700. The van der Waals surface area contributed by atoms with Crippen LogP contribution in [-0.2, 0) is 9.47 Å². The van der Waals surface area contributed by atoms with Gasteiger partial charge in [0.1, 0.15) is 0 Å². The zero-order valence-electron chi connectivity index (χ0n) is 9.87. The van der Waals surface area contributed by atoms with Gasteiger partial charge in [0, 0.05) is 31.3 Å². The molecule has 1 saturated heterocycles. The molecule has 2 rings (SSSR count). The minimum Gasteiger partial charge on any atom is -0.381 e. The lowest BCUT2D eigenvalue weighted by Gasteiger charge is -2.50. The number of ether oxygens (including phenoxy) is 2. The van der Waals surface area contributed by atoms with E-state index in [4.69, 9.17) is 15.2 Å². The largest absolute Gasteiger partial charge is 0.381 e. The van der Waals surface area contributed by atoms with Crippen molar-refractivity contribution in [2.24, 2.45) is 17.1 Å². The quantitative estimate of drug-likeness (QED) is 0.773. The van der Waals surface area contributed by atoms with E-state index in [9.17, 15) is 0 Å². The van der Waals surface area contributed by atoms with Crippen LogP contribution in [-0.4, -0.2) is 32.0 Å². The van der Waals surface area contributed by atoms with E-state index in [2.05, 4.69) is 13.8 Å². The Kier molecular flexibility index (Phi) is 3.33. The van der Waals surface area contributed by atoms with E-state index < -0.39 is 0 Å². The maximum absolute atomic E-state index is 5.97. The smallest absolute Gasteiger partial charge is 0.0655 e. The first-order valence-corrected chi connectivity index (χ1v) is 6.05. The van der Waals surface area contributed by atoms with Gasteiger partial charge in [-0.25, -0.2) is 0 Å². The summed E-state index contributed by atoms with van der Waals surface area (Å²) in [4.78, 5) is 0. The second-order valence-corrected chi connectivity index (χ2v) is 5.54. The molecule has 2 aliphatic rings. The third-order valence-electron chi connectivity index (χ3n) is 4.13. The fourth-order valence-electron chi connectivity index (χ4n) is 2.36. The third kappa shape index (κ3) is 2.35. The van der Waals surface area contributed by atoms with Crippen molar-refractivity contribution in [2.45, 2.75) is 45.3 Å². The molecule has 0 aromatic carbocycles. The molecule has 1 saturated carbocycles. The van der Waals surface area contributed by atoms with Gasteiger partial charge in [-0.1, -0.05) is 13.8 Å². The molecular formula is C12H23NO2. The van der Waals surface area contributed by atoms with Crippen molar-refractivity contribution in [2.75, 3.05) is 19.8 Å². The van der Waals surface area contributed by atoms with Crippen molar-refractivity contribution in [3.05, 3.63) is 0 Å². The molecule has 2 fully saturated rings. The molecule has 1 aliphatic heterocycles. The second kappa shape index (κ2) is 4.40. The molecule has 3 nitrogen and oxygen atoms in total. The average molecular weight is 213 g/mol. The van der Waals surface area contributed by atoms with Gasteiger partial charge in [-0.3, -0.25) is 0 Å². The Morgan fingerprint density at radius 1 is 1.33 bits per heavy atom. The predicted molar refractivity (Wildman–Crippen MR) is 59.7 cm³/mol. The highest BCUT2D eigenvalue weighted by Gasteiger charge is 2.46. The van der Waals surface area contributed by atoms with Crippen molar-refractivity contribution in [3.8, 4) is 0 Å². The molecule has 0 radical (unpaired) electrons. The molecule has 0 spiro atoms. The van der Waals surface area contributed by atoms with Crippen LogP contribution < -0.4 is 5.73 Å². The normalized spacial score (nSPS) is 36.2. The van der Waals surface area contributed by atoms with Crippen LogP contribution in [0.3, 0.4) is 0 Å². The van der Waals surface area contributed by atoms with Crippen LogP contribution >= 0.6 is 0 Å². The first-order chi connectivity index (χ1) is 7.10. The highest BCUT2D eigenvalue weighted by Crippen LogP contribution is 2.41. The van der Waals surface area contributed by atoms with E-state index in [1.54, 1.807) is 0 Å². The van der Waals surface area contributed by atoms with Crippen molar-refractivity contribution < 1.29 is 9.47 Å². The molecule has 88 valence electrons. The van der Waals surface area contributed by atoms with E-state index in [0.717, 1.165) is 39.1 Å². The molecule has 0 amide bonds. The zero-order valence-corrected chi connectivity index (χ0v) is 9.87. The fourth-order valence-corrected chi connectivity index (χ4v) is 2.36. The first kappa shape index (κ1) is 11.4. The summed E-state index contributed by atoms with van der Waals surface area (Å²) >= 11 is 0. The molecule has 0 aromatic rings. The Hall–Kier alpha value is -0.120. The van der Waals surface area contributed by atoms with Crippen LogP contribution in [0.1, 0.15) is 33.1 Å². The van der Waals surface area contributed by atoms with Gasteiger partial charge < -0.3 is 15.2 Å². The van der Waals surface area contributed by atoms with Crippen LogP contribution in [0.5, 0.6) is 0 Å². The summed E-state index contributed by atoms with van der Waals surface area (Å²) in [6.07, 6.45) is 3.70. The van der Waals surface area contributed by atoms with Crippen molar-refractivity contribution >= 4 is 0 Å². The maximum atomic E-state index is 5.97. The van der Waals surface area contributed by atoms with Gasteiger partial charge in [-0.05, 0) is 25.2 Å². The number of nitrogens with two attached hydrogens (primary N) is 1. The second-order valence-electron chi connectivity index (χ2n) is 5.54. The minimum absolute atomic E-state index is 0.172. The molecule has 0 bridgehead atoms. The van der Waals surface area contributed by atoms with Gasteiger partial charge in [-0.2, -0.15) is 0 Å². The summed E-state index contributed by atoms with van der Waals surface area (Å²) in [5, 5.41) is 0. The highest BCUT2D eigenvalue weighted by atomic mass is 16.5. The number of hydrogen-bond donors (Lipinski definition) is 1. The SMILES string of the molecule is CC1(C)C(N)CC1OCC1CCOCC1. The van der Waals surface area contributed by atoms with E-state index in [-0.39, 0.29) is 5.41 Å². The first-order valence-electron chi connectivity index (χ1n) is 6.05. The predicted octanol–water partition coefficient (Wildman–Crippen LogP) is 1.56. The summed E-state index contributed by atoms with van der Waals surface area (Å²) in [7, 11) is 0. The van der Waals surface area contributed by atoms with Crippen LogP contribution in [0.25, 0.3) is 0 Å². The number of hydrogen-bond acceptors (Lipinski definition) is 3. The van der Waals surface area contributed by atoms with Crippen LogP contribution in [0.15, 0.2) is 0 Å². The minimum atomic E-state index is 0.172. The van der Waals surface area contributed by atoms with Crippen molar-refractivity contribution in [1.82, 2.24) is 0 Å². The lowest BCUT2D eigenvalue weighted by molar-refractivity contribution is -0.123. The Balaban J connectivity index is 1.70. The summed E-state index contributed by atoms with van der Waals surface area (Å²) in [6.45, 7) is 7.11. The van der Waals surface area contributed by atoms with Gasteiger partial charge in [0.05, 0.1) is 6.10 Å². The molecule has 0 aromatic heterocycles. The van der Waals surface area contributed by atoms with Crippen LogP contribution in [0.2, 0.25) is 0 Å². The van der Waals surface area contributed by atoms with Crippen LogP contribution in [0, 0.1) is 11.3 Å². The van der Waals surface area contributed by atoms with Gasteiger partial charge in [0.2, 0.25) is 0 Å². The monoisotopic (exact) mass is 213 g/mol. The fraction of sp³-hybridized carbons (Fsp3) is 1.00. The van der Waals surface area contributed by atoms with Gasteiger partial charge in [0.25, 0.3) is 0 Å². The summed E-state index contributed by atoms with van der Waals surface area (Å²) in [5.41, 5.74) is 6.13. The molecule has 15 heavy (non-hydrogen) atoms. The molecule has 1 aliphatic carbocycles. The Bertz CT molecular complexity index is 212. The standard InChI is InChI=1S/C12H23NO2/c1-12(2)10(13)7-11(12)15-8-9-3-5-14-6-4-9/h9-11H,3-8,13H2,1-2H3. The Morgan fingerprint density at radius 3 is 2.53 bits per heavy atom. The topological polar surface area (TPSA) is 44.5 Å². The molecule has 3 heteroatoms. The Morgan fingerprint density at radius 2 is 2.00 bits per heavy atom. The van der Waals surface area contributed by atoms with Crippen molar-refractivity contribution in [3.63, 3.8) is 0 Å². The molecule has 2 unspecified atom stereocenters. The van der Waals surface area contributed by atoms with E-state index in [1.165, 1.54) is 0 Å². The molecule has 2 N–H and O–H groups in total. The van der Waals surface area contributed by atoms with Crippen molar-refractivity contribution in [1.29, 1.82) is 0 Å². The molecule has 1 heterocycles. The zero-order chi connectivity index (χ0) is 10.9. The molecule has 2 atom stereocenters. The van der Waals surface area contributed by atoms with Crippen LogP contribution in [0.4, 0.5) is 0 Å². The highest BCUT2D eigenvalue weighted by molar-refractivity contribution is 5.00. The third-order valence-corrected chi connectivity index (χ3v) is 4.13. The lowest BCUT2D eigenvalue weighted by atomic mass is 9.65. The Labute approximate surface area is 92.3 Å². The van der Waals surface area contributed by atoms with E-state index >= 15 is 0 Å². The van der Waals surface area contributed by atoms with E-state index in [1.807, 2.05) is 0 Å². The van der Waals surface area contributed by atoms with E-state index in [0.29, 0.717) is 18.1 Å². The summed E-state index contributed by atoms with van der Waals surface area (Å²) in [6, 6.07) is 0.317. The van der Waals surface area contributed by atoms with Gasteiger partial charge in [-0.15, -0.1) is 0 Å². The lowest BCUT2D eigenvalue weighted by Crippen LogP contribution is -2.59. The number of rotatable bonds is 3. The average Bonchev–Trinajstić information content (AvgIpc) is 2.25. The van der Waals surface area contributed by atoms with Gasteiger partial charge >= 0.3 is 0 Å². The molecular weight excluding hydrogens is 190 g/mol. The summed E-state index contributed by atoms with van der Waals surface area (Å²) < 4.78 is 11.3. The maximum Gasteiger partial charge on any atom is 0.0655 e. The van der Waals surface area contributed by atoms with Gasteiger partial charge in [0.15, 0.2) is 0 Å².